The molecule has 0 unspecified atom stereocenters. The van der Waals surface area contributed by atoms with Gasteiger partial charge in [0.25, 0.3) is 0 Å². The van der Waals surface area contributed by atoms with Crippen molar-refractivity contribution in [3.05, 3.63) is 33.3 Å². The van der Waals surface area contributed by atoms with E-state index in [0.29, 0.717) is 17.4 Å². The molecule has 1 saturated carbocycles. The predicted molar refractivity (Wildman–Crippen MR) is 65.4 cm³/mol. The first-order valence-corrected chi connectivity index (χ1v) is 6.32. The first-order chi connectivity index (χ1) is 7.16. The molecule has 1 aliphatic carbocycles. The smallest absolute Gasteiger partial charge is 0.163 e. The van der Waals surface area contributed by atoms with Crippen molar-refractivity contribution in [3.63, 3.8) is 0 Å². The number of benzene rings is 1. The summed E-state index contributed by atoms with van der Waals surface area (Å²) in [5, 5.41) is 0.648. The predicted octanol–water partition coefficient (Wildman–Crippen LogP) is 4.48. The molecule has 1 aliphatic rings. The zero-order valence-corrected chi connectivity index (χ0v) is 10.6. The maximum Gasteiger partial charge on any atom is 0.163 e. The lowest BCUT2D eigenvalue weighted by atomic mass is 9.81. The van der Waals surface area contributed by atoms with Gasteiger partial charge in [0.15, 0.2) is 5.78 Å². The molecule has 1 nitrogen and oxygen atoms in total. The van der Waals surface area contributed by atoms with E-state index in [-0.39, 0.29) is 5.78 Å². The van der Waals surface area contributed by atoms with Gasteiger partial charge in [0, 0.05) is 16.5 Å². The number of hydrogen-bond acceptors (Lipinski definition) is 1. The van der Waals surface area contributed by atoms with Crippen LogP contribution >= 0.6 is 27.5 Å². The Morgan fingerprint density at radius 1 is 1.47 bits per heavy atom. The van der Waals surface area contributed by atoms with E-state index in [2.05, 4.69) is 15.9 Å². The average Bonchev–Trinajstić information content (AvgIpc) is 2.15. The molecule has 1 aromatic rings. The second-order valence-electron chi connectivity index (χ2n) is 4.05. The molecule has 0 radical (unpaired) electrons. The highest BCUT2D eigenvalue weighted by atomic mass is 79.9. The van der Waals surface area contributed by atoms with Gasteiger partial charge in [-0.3, -0.25) is 4.79 Å². The van der Waals surface area contributed by atoms with Crippen LogP contribution in [0.2, 0.25) is 5.02 Å². The van der Waals surface area contributed by atoms with Gasteiger partial charge in [-0.1, -0.05) is 30.9 Å². The van der Waals surface area contributed by atoms with Gasteiger partial charge in [0.2, 0.25) is 0 Å². The van der Waals surface area contributed by atoms with Crippen molar-refractivity contribution in [2.75, 3.05) is 0 Å². The molecule has 0 N–H and O–H groups in total. The Labute approximate surface area is 103 Å². The van der Waals surface area contributed by atoms with Crippen molar-refractivity contribution < 1.29 is 4.79 Å². The fourth-order valence-electron chi connectivity index (χ4n) is 1.75. The summed E-state index contributed by atoms with van der Waals surface area (Å²) >= 11 is 9.20. The molecule has 0 saturated heterocycles. The molecule has 1 aromatic carbocycles. The molecular formula is C12H12BrClO. The molecule has 3 heteroatoms. The number of ketones is 1. The number of halogens is 2. The van der Waals surface area contributed by atoms with Crippen LogP contribution in [-0.2, 0) is 0 Å². The maximum atomic E-state index is 11.8. The van der Waals surface area contributed by atoms with E-state index < -0.39 is 0 Å². The summed E-state index contributed by atoms with van der Waals surface area (Å²) in [5.74, 6) is 0.851. The van der Waals surface area contributed by atoms with Crippen LogP contribution in [0.5, 0.6) is 0 Å². The molecule has 2 rings (SSSR count). The van der Waals surface area contributed by atoms with Gasteiger partial charge >= 0.3 is 0 Å². The molecular weight excluding hydrogens is 275 g/mol. The van der Waals surface area contributed by atoms with Crippen molar-refractivity contribution in [1.29, 1.82) is 0 Å². The van der Waals surface area contributed by atoms with Crippen molar-refractivity contribution in [2.24, 2.45) is 5.92 Å². The zero-order valence-electron chi connectivity index (χ0n) is 8.30. The summed E-state index contributed by atoms with van der Waals surface area (Å²) in [6.07, 6.45) is 4.39. The molecule has 15 heavy (non-hydrogen) atoms. The van der Waals surface area contributed by atoms with Gasteiger partial charge in [-0.2, -0.15) is 0 Å². The minimum atomic E-state index is 0.233. The normalized spacial score (nSPS) is 16.1. The summed E-state index contributed by atoms with van der Waals surface area (Å²) in [4.78, 5) is 11.8. The summed E-state index contributed by atoms with van der Waals surface area (Å²) in [6, 6.07) is 5.37. The van der Waals surface area contributed by atoms with E-state index in [1.54, 1.807) is 12.1 Å². The molecule has 1 fully saturated rings. The number of Topliss-reactive ketones (excluding diaryl/α,β-unsaturated/α-hetero) is 1. The molecule has 0 spiro atoms. The number of rotatable bonds is 3. The van der Waals surface area contributed by atoms with Crippen LogP contribution in [0.1, 0.15) is 36.0 Å². The first-order valence-electron chi connectivity index (χ1n) is 5.15. The second-order valence-corrected chi connectivity index (χ2v) is 5.31. The number of hydrogen-bond donors (Lipinski definition) is 0. The molecule has 0 heterocycles. The Hall–Kier alpha value is -0.340. The molecule has 0 amide bonds. The largest absolute Gasteiger partial charge is 0.294 e. The van der Waals surface area contributed by atoms with Crippen LogP contribution in [0.4, 0.5) is 0 Å². The monoisotopic (exact) mass is 286 g/mol. The highest BCUT2D eigenvalue weighted by Gasteiger charge is 2.21. The third-order valence-electron chi connectivity index (χ3n) is 2.94. The summed E-state index contributed by atoms with van der Waals surface area (Å²) in [5.41, 5.74) is 0.762. The van der Waals surface area contributed by atoms with E-state index >= 15 is 0 Å². The van der Waals surface area contributed by atoms with E-state index in [0.717, 1.165) is 10.0 Å². The average molecular weight is 288 g/mol. The van der Waals surface area contributed by atoms with Crippen molar-refractivity contribution in [1.82, 2.24) is 0 Å². The minimum absolute atomic E-state index is 0.233. The molecule has 0 bridgehead atoms. The minimum Gasteiger partial charge on any atom is -0.294 e. The Morgan fingerprint density at radius 3 is 2.73 bits per heavy atom. The van der Waals surface area contributed by atoms with Gasteiger partial charge in [-0.05, 0) is 40.0 Å². The number of carbonyl (C=O) groups excluding carboxylic acids is 1. The molecule has 0 aliphatic heterocycles. The second kappa shape index (κ2) is 4.67. The third kappa shape index (κ3) is 2.61. The summed E-state index contributed by atoms with van der Waals surface area (Å²) < 4.78 is 0.795. The fourth-order valence-corrected chi connectivity index (χ4v) is 2.24. The van der Waals surface area contributed by atoms with E-state index in [9.17, 15) is 4.79 Å². The molecule has 0 aromatic heterocycles. The number of carbonyl (C=O) groups is 1. The van der Waals surface area contributed by atoms with E-state index in [1.165, 1.54) is 19.3 Å². The first kappa shape index (κ1) is 11.2. The maximum absolute atomic E-state index is 11.8. The Bertz CT molecular complexity index is 385. The van der Waals surface area contributed by atoms with Crippen LogP contribution in [0, 0.1) is 5.92 Å². The van der Waals surface area contributed by atoms with Crippen LogP contribution in [0.25, 0.3) is 0 Å². The lowest BCUT2D eigenvalue weighted by Crippen LogP contribution is -2.15. The highest BCUT2D eigenvalue weighted by Crippen LogP contribution is 2.31. The van der Waals surface area contributed by atoms with Crippen molar-refractivity contribution in [2.45, 2.75) is 25.7 Å². The zero-order chi connectivity index (χ0) is 10.8. The SMILES string of the molecule is O=C(CC1CCC1)c1ccc(Cl)c(Br)c1. The Balaban J connectivity index is 2.07. The van der Waals surface area contributed by atoms with Crippen LogP contribution in [-0.4, -0.2) is 5.78 Å². The van der Waals surface area contributed by atoms with E-state index in [4.69, 9.17) is 11.6 Å². The lowest BCUT2D eigenvalue weighted by molar-refractivity contribution is 0.0936. The van der Waals surface area contributed by atoms with Crippen LogP contribution in [0.3, 0.4) is 0 Å². The van der Waals surface area contributed by atoms with Gasteiger partial charge in [-0.15, -0.1) is 0 Å². The molecule has 80 valence electrons. The Kier molecular flexibility index (Phi) is 3.47. The van der Waals surface area contributed by atoms with Gasteiger partial charge in [0.05, 0.1) is 5.02 Å². The van der Waals surface area contributed by atoms with Crippen molar-refractivity contribution in [3.8, 4) is 0 Å². The summed E-state index contributed by atoms with van der Waals surface area (Å²) in [6.45, 7) is 0. The Morgan fingerprint density at radius 2 is 2.20 bits per heavy atom. The van der Waals surface area contributed by atoms with E-state index in [1.807, 2.05) is 6.07 Å². The van der Waals surface area contributed by atoms with Gasteiger partial charge in [0.1, 0.15) is 0 Å². The quantitative estimate of drug-likeness (QED) is 0.749. The summed E-state index contributed by atoms with van der Waals surface area (Å²) in [7, 11) is 0. The lowest BCUT2D eigenvalue weighted by Gasteiger charge is -2.24. The van der Waals surface area contributed by atoms with Crippen molar-refractivity contribution >= 4 is 33.3 Å². The van der Waals surface area contributed by atoms with Gasteiger partial charge < -0.3 is 0 Å². The standard InChI is InChI=1S/C12H12BrClO/c13-10-7-9(4-5-11(10)14)12(15)6-8-2-1-3-8/h4-5,7-8H,1-3,6H2. The van der Waals surface area contributed by atoms with Crippen LogP contribution in [0.15, 0.2) is 22.7 Å². The van der Waals surface area contributed by atoms with Crippen LogP contribution < -0.4 is 0 Å². The highest BCUT2D eigenvalue weighted by molar-refractivity contribution is 9.10. The van der Waals surface area contributed by atoms with Gasteiger partial charge in [-0.25, -0.2) is 0 Å². The molecule has 0 atom stereocenters. The fraction of sp³-hybridized carbons (Fsp3) is 0.417. The third-order valence-corrected chi connectivity index (χ3v) is 4.15. The topological polar surface area (TPSA) is 17.1 Å².